The van der Waals surface area contributed by atoms with Gasteiger partial charge < -0.3 is 4.74 Å². The summed E-state index contributed by atoms with van der Waals surface area (Å²) in [6.07, 6.45) is 2.10. The maximum atomic E-state index is 5.34. The van der Waals surface area contributed by atoms with Crippen LogP contribution in [0.25, 0.3) is 0 Å². The molecule has 0 saturated carbocycles. The summed E-state index contributed by atoms with van der Waals surface area (Å²) >= 11 is 4.97. The van der Waals surface area contributed by atoms with Crippen molar-refractivity contribution in [3.63, 3.8) is 0 Å². The zero-order valence-corrected chi connectivity index (χ0v) is 9.82. The molecule has 0 N–H and O–H groups in total. The second kappa shape index (κ2) is 3.63. The first-order valence-electron chi connectivity index (χ1n) is 4.28. The lowest BCUT2D eigenvalue weighted by Gasteiger charge is -2.30. The predicted molar refractivity (Wildman–Crippen MR) is 55.0 cm³/mol. The fourth-order valence-corrected chi connectivity index (χ4v) is 2.80. The predicted octanol–water partition coefficient (Wildman–Crippen LogP) is 2.37. The molecule has 72 valence electrons. The van der Waals surface area contributed by atoms with Crippen LogP contribution >= 0.6 is 27.3 Å². The second-order valence-electron chi connectivity index (χ2n) is 3.53. The molecular weight excluding hydrogens is 252 g/mol. The van der Waals surface area contributed by atoms with Crippen LogP contribution in [0.1, 0.15) is 24.8 Å². The van der Waals surface area contributed by atoms with Crippen molar-refractivity contribution in [3.05, 3.63) is 8.92 Å². The summed E-state index contributed by atoms with van der Waals surface area (Å²) in [7, 11) is 0. The molecule has 0 radical (unpaired) electrons. The van der Waals surface area contributed by atoms with Gasteiger partial charge in [0.1, 0.15) is 5.01 Å². The van der Waals surface area contributed by atoms with E-state index in [1.165, 1.54) is 0 Å². The SMILES string of the molecule is CC1(c2nnc(Br)s2)CCOCC1. The van der Waals surface area contributed by atoms with Gasteiger partial charge in [0, 0.05) is 18.6 Å². The van der Waals surface area contributed by atoms with E-state index in [-0.39, 0.29) is 5.41 Å². The number of hydrogen-bond acceptors (Lipinski definition) is 4. The lowest BCUT2D eigenvalue weighted by molar-refractivity contribution is 0.0561. The quantitative estimate of drug-likeness (QED) is 0.780. The highest BCUT2D eigenvalue weighted by Crippen LogP contribution is 2.36. The second-order valence-corrected chi connectivity index (χ2v) is 5.79. The standard InChI is InChI=1S/C8H11BrN2OS/c1-8(2-4-12-5-3-8)6-10-11-7(9)13-6/h2-5H2,1H3. The first kappa shape index (κ1) is 9.55. The molecule has 2 rings (SSSR count). The molecule has 5 heteroatoms. The maximum absolute atomic E-state index is 5.34. The van der Waals surface area contributed by atoms with E-state index in [2.05, 4.69) is 33.1 Å². The summed E-state index contributed by atoms with van der Waals surface area (Å²) in [5.41, 5.74) is 0.182. The first-order valence-corrected chi connectivity index (χ1v) is 5.89. The Morgan fingerprint density at radius 1 is 1.38 bits per heavy atom. The van der Waals surface area contributed by atoms with Crippen molar-refractivity contribution in [3.8, 4) is 0 Å². The van der Waals surface area contributed by atoms with Crippen molar-refractivity contribution in [2.45, 2.75) is 25.2 Å². The Kier molecular flexibility index (Phi) is 2.67. The third-order valence-electron chi connectivity index (χ3n) is 2.51. The molecular formula is C8H11BrN2OS. The minimum atomic E-state index is 0.182. The van der Waals surface area contributed by atoms with Crippen molar-refractivity contribution >= 4 is 27.3 Å². The summed E-state index contributed by atoms with van der Waals surface area (Å²) in [6.45, 7) is 3.92. The zero-order valence-electron chi connectivity index (χ0n) is 7.42. The van der Waals surface area contributed by atoms with Crippen LogP contribution in [-0.4, -0.2) is 23.4 Å². The number of hydrogen-bond donors (Lipinski definition) is 0. The minimum absolute atomic E-state index is 0.182. The number of aromatic nitrogens is 2. The fourth-order valence-electron chi connectivity index (χ4n) is 1.49. The number of ether oxygens (including phenoxy) is 1. The molecule has 0 bridgehead atoms. The van der Waals surface area contributed by atoms with Crippen LogP contribution in [0.5, 0.6) is 0 Å². The van der Waals surface area contributed by atoms with Gasteiger partial charge in [0.05, 0.1) is 0 Å². The smallest absolute Gasteiger partial charge is 0.183 e. The van der Waals surface area contributed by atoms with Gasteiger partial charge in [0.25, 0.3) is 0 Å². The molecule has 0 aromatic carbocycles. The molecule has 1 aliphatic heterocycles. The third-order valence-corrected chi connectivity index (χ3v) is 4.18. The summed E-state index contributed by atoms with van der Waals surface area (Å²) in [5, 5.41) is 9.29. The minimum Gasteiger partial charge on any atom is -0.381 e. The lowest BCUT2D eigenvalue weighted by atomic mass is 9.83. The van der Waals surface area contributed by atoms with Gasteiger partial charge in [-0.1, -0.05) is 18.3 Å². The summed E-state index contributed by atoms with van der Waals surface area (Å²) in [5.74, 6) is 0. The molecule has 0 amide bonds. The molecule has 1 fully saturated rings. The van der Waals surface area contributed by atoms with Gasteiger partial charge in [-0.2, -0.15) is 0 Å². The summed E-state index contributed by atoms with van der Waals surface area (Å²) in [6, 6.07) is 0. The average molecular weight is 263 g/mol. The van der Waals surface area contributed by atoms with Gasteiger partial charge in [0.2, 0.25) is 0 Å². The van der Waals surface area contributed by atoms with Crippen molar-refractivity contribution in [2.75, 3.05) is 13.2 Å². The fraction of sp³-hybridized carbons (Fsp3) is 0.750. The molecule has 1 aromatic rings. The van der Waals surface area contributed by atoms with E-state index in [1.54, 1.807) is 11.3 Å². The van der Waals surface area contributed by atoms with Gasteiger partial charge in [-0.25, -0.2) is 0 Å². The average Bonchev–Trinajstić information content (AvgIpc) is 2.54. The van der Waals surface area contributed by atoms with E-state index in [0.717, 1.165) is 35.0 Å². The van der Waals surface area contributed by atoms with Crippen molar-refractivity contribution in [2.24, 2.45) is 0 Å². The van der Waals surface area contributed by atoms with E-state index in [0.29, 0.717) is 0 Å². The Balaban J connectivity index is 2.22. The molecule has 3 nitrogen and oxygen atoms in total. The van der Waals surface area contributed by atoms with Gasteiger partial charge >= 0.3 is 0 Å². The Labute approximate surface area is 89.6 Å². The topological polar surface area (TPSA) is 35.0 Å². The Bertz CT molecular complexity index is 296. The highest BCUT2D eigenvalue weighted by Gasteiger charge is 2.32. The van der Waals surface area contributed by atoms with E-state index < -0.39 is 0 Å². The molecule has 1 aromatic heterocycles. The van der Waals surface area contributed by atoms with E-state index >= 15 is 0 Å². The molecule has 13 heavy (non-hydrogen) atoms. The van der Waals surface area contributed by atoms with Crippen LogP contribution in [0.2, 0.25) is 0 Å². The third kappa shape index (κ3) is 1.92. The monoisotopic (exact) mass is 262 g/mol. The Morgan fingerprint density at radius 2 is 2.08 bits per heavy atom. The van der Waals surface area contributed by atoms with Crippen molar-refractivity contribution in [1.29, 1.82) is 0 Å². The maximum Gasteiger partial charge on any atom is 0.183 e. The molecule has 1 saturated heterocycles. The first-order chi connectivity index (χ1) is 6.21. The van der Waals surface area contributed by atoms with E-state index in [4.69, 9.17) is 4.74 Å². The van der Waals surface area contributed by atoms with Gasteiger partial charge in [-0.15, -0.1) is 10.2 Å². The molecule has 0 unspecified atom stereocenters. The van der Waals surface area contributed by atoms with E-state index in [9.17, 15) is 0 Å². The number of nitrogens with zero attached hydrogens (tertiary/aromatic N) is 2. The molecule has 0 spiro atoms. The molecule has 0 atom stereocenters. The van der Waals surface area contributed by atoms with Gasteiger partial charge in [0.15, 0.2) is 3.92 Å². The van der Waals surface area contributed by atoms with Crippen molar-refractivity contribution in [1.82, 2.24) is 10.2 Å². The Morgan fingerprint density at radius 3 is 2.62 bits per heavy atom. The molecule has 0 aliphatic carbocycles. The van der Waals surface area contributed by atoms with E-state index in [1.807, 2.05) is 0 Å². The van der Waals surface area contributed by atoms with Crippen LogP contribution in [0.3, 0.4) is 0 Å². The number of halogens is 1. The summed E-state index contributed by atoms with van der Waals surface area (Å²) in [4.78, 5) is 0. The largest absolute Gasteiger partial charge is 0.381 e. The zero-order chi connectivity index (χ0) is 9.31. The highest BCUT2D eigenvalue weighted by atomic mass is 79.9. The van der Waals surface area contributed by atoms with Gasteiger partial charge in [-0.3, -0.25) is 0 Å². The lowest BCUT2D eigenvalue weighted by Crippen LogP contribution is -2.30. The summed E-state index contributed by atoms with van der Waals surface area (Å²) < 4.78 is 6.21. The Hall–Kier alpha value is -0.0000000000000000486. The van der Waals surface area contributed by atoms with Crippen LogP contribution in [0, 0.1) is 0 Å². The molecule has 2 heterocycles. The molecule has 1 aliphatic rings. The van der Waals surface area contributed by atoms with Crippen LogP contribution in [0.15, 0.2) is 3.92 Å². The van der Waals surface area contributed by atoms with Crippen molar-refractivity contribution < 1.29 is 4.74 Å². The highest BCUT2D eigenvalue weighted by molar-refractivity contribution is 9.11. The normalized spacial score (nSPS) is 21.7. The number of rotatable bonds is 1. The van der Waals surface area contributed by atoms with Crippen LogP contribution in [0.4, 0.5) is 0 Å². The van der Waals surface area contributed by atoms with Crippen LogP contribution < -0.4 is 0 Å². The van der Waals surface area contributed by atoms with Gasteiger partial charge in [-0.05, 0) is 28.8 Å². The van der Waals surface area contributed by atoms with Crippen LogP contribution in [-0.2, 0) is 10.2 Å².